The molecule has 2 aromatic rings. The lowest BCUT2D eigenvalue weighted by molar-refractivity contribution is 0.0922. The van der Waals surface area contributed by atoms with Crippen molar-refractivity contribution >= 4 is 17.2 Å². The summed E-state index contributed by atoms with van der Waals surface area (Å²) in [6, 6.07) is 10.2. The molecule has 0 aliphatic carbocycles. The number of amides is 1. The number of aromatic nitrogens is 1. The summed E-state index contributed by atoms with van der Waals surface area (Å²) >= 11 is 1.50. The molecule has 0 radical (unpaired) electrons. The minimum absolute atomic E-state index is 0.0172. The molecule has 1 saturated heterocycles. The predicted octanol–water partition coefficient (Wildman–Crippen LogP) is 2.21. The van der Waals surface area contributed by atoms with Crippen LogP contribution in [0.25, 0.3) is 0 Å². The fraction of sp³-hybridized carbons (Fsp3) is 0.444. The van der Waals surface area contributed by atoms with Crippen LogP contribution in [0.2, 0.25) is 0 Å². The Kier molecular flexibility index (Phi) is 5.96. The molecule has 1 aromatic heterocycles. The molecule has 1 amide bonds. The van der Waals surface area contributed by atoms with E-state index < -0.39 is 0 Å². The van der Waals surface area contributed by atoms with Gasteiger partial charge in [0.25, 0.3) is 5.91 Å². The van der Waals surface area contributed by atoms with Gasteiger partial charge in [-0.25, -0.2) is 4.98 Å². The van der Waals surface area contributed by atoms with Crippen molar-refractivity contribution in [3.05, 3.63) is 52.0 Å². The van der Waals surface area contributed by atoms with E-state index in [1.807, 2.05) is 23.6 Å². The highest BCUT2D eigenvalue weighted by molar-refractivity contribution is 7.09. The Morgan fingerprint density at radius 2 is 2.04 bits per heavy atom. The highest BCUT2D eigenvalue weighted by Gasteiger charge is 2.22. The fourth-order valence-corrected chi connectivity index (χ4v) is 3.82. The van der Waals surface area contributed by atoms with Crippen LogP contribution in [-0.4, -0.2) is 42.0 Å². The SMILES string of the molecule is NCCc1nc(C(=O)NC(CN2CCCC2)c2ccccc2)cs1. The molecule has 1 unspecified atom stereocenters. The van der Waals surface area contributed by atoms with Gasteiger partial charge >= 0.3 is 0 Å². The Hall–Kier alpha value is -1.76. The maximum Gasteiger partial charge on any atom is 0.271 e. The Balaban J connectivity index is 1.71. The number of rotatable bonds is 7. The van der Waals surface area contributed by atoms with Crippen LogP contribution in [0.4, 0.5) is 0 Å². The van der Waals surface area contributed by atoms with Gasteiger partial charge in [-0.3, -0.25) is 4.79 Å². The van der Waals surface area contributed by atoms with Crippen molar-refractivity contribution in [1.29, 1.82) is 0 Å². The van der Waals surface area contributed by atoms with Crippen molar-refractivity contribution in [2.24, 2.45) is 5.73 Å². The van der Waals surface area contributed by atoms with Crippen LogP contribution < -0.4 is 11.1 Å². The lowest BCUT2D eigenvalue weighted by Gasteiger charge is -2.24. The van der Waals surface area contributed by atoms with Gasteiger partial charge in [-0.2, -0.15) is 0 Å². The molecule has 6 heteroatoms. The van der Waals surface area contributed by atoms with Crippen LogP contribution in [0.15, 0.2) is 35.7 Å². The van der Waals surface area contributed by atoms with Crippen LogP contribution >= 0.6 is 11.3 Å². The number of hydrogen-bond donors (Lipinski definition) is 2. The highest BCUT2D eigenvalue weighted by atomic mass is 32.1. The second-order valence-electron chi connectivity index (χ2n) is 6.11. The first-order valence-electron chi connectivity index (χ1n) is 8.49. The molecule has 1 aliphatic heterocycles. The van der Waals surface area contributed by atoms with E-state index >= 15 is 0 Å². The van der Waals surface area contributed by atoms with E-state index in [2.05, 4.69) is 27.3 Å². The molecule has 128 valence electrons. The minimum Gasteiger partial charge on any atom is -0.343 e. The molecule has 1 atom stereocenters. The number of thiazole rings is 1. The van der Waals surface area contributed by atoms with Gasteiger partial charge in [-0.1, -0.05) is 30.3 Å². The van der Waals surface area contributed by atoms with Crippen molar-refractivity contribution < 1.29 is 4.79 Å². The summed E-state index contributed by atoms with van der Waals surface area (Å²) in [7, 11) is 0. The van der Waals surface area contributed by atoms with E-state index in [1.54, 1.807) is 0 Å². The Morgan fingerprint density at radius 3 is 2.75 bits per heavy atom. The molecule has 2 heterocycles. The van der Waals surface area contributed by atoms with E-state index in [9.17, 15) is 4.79 Å². The Bertz CT molecular complexity index is 652. The van der Waals surface area contributed by atoms with E-state index in [0.717, 1.165) is 30.2 Å². The Morgan fingerprint density at radius 1 is 1.29 bits per heavy atom. The quantitative estimate of drug-likeness (QED) is 0.808. The lowest BCUT2D eigenvalue weighted by atomic mass is 10.1. The van der Waals surface area contributed by atoms with Crippen LogP contribution in [0.3, 0.4) is 0 Å². The first kappa shape index (κ1) is 17.1. The molecule has 1 aromatic carbocycles. The number of nitrogens with one attached hydrogen (secondary N) is 1. The van der Waals surface area contributed by atoms with Gasteiger partial charge < -0.3 is 16.0 Å². The first-order valence-corrected chi connectivity index (χ1v) is 9.37. The number of hydrogen-bond acceptors (Lipinski definition) is 5. The number of carbonyl (C=O) groups is 1. The third-order valence-electron chi connectivity index (χ3n) is 4.29. The summed E-state index contributed by atoms with van der Waals surface area (Å²) in [4.78, 5) is 19.4. The summed E-state index contributed by atoms with van der Waals surface area (Å²) in [5.74, 6) is -0.109. The second kappa shape index (κ2) is 8.37. The van der Waals surface area contributed by atoms with Crippen LogP contribution in [0.1, 0.15) is 39.9 Å². The maximum absolute atomic E-state index is 12.6. The summed E-state index contributed by atoms with van der Waals surface area (Å²) in [5.41, 5.74) is 7.18. The molecule has 0 bridgehead atoms. The van der Waals surface area contributed by atoms with Crippen molar-refractivity contribution in [3.63, 3.8) is 0 Å². The van der Waals surface area contributed by atoms with E-state index in [1.165, 1.54) is 24.2 Å². The molecule has 3 rings (SSSR count). The Labute approximate surface area is 146 Å². The normalized spacial score (nSPS) is 16.2. The molecule has 1 aliphatic rings. The summed E-state index contributed by atoms with van der Waals surface area (Å²) in [5, 5.41) is 5.90. The molecular weight excluding hydrogens is 320 g/mol. The standard InChI is InChI=1S/C18H24N4OS/c19-9-8-17-20-16(13-24-17)18(23)21-15(12-22-10-4-5-11-22)14-6-2-1-3-7-14/h1-3,6-7,13,15H,4-5,8-12,19H2,(H,21,23). The largest absolute Gasteiger partial charge is 0.343 e. The van der Waals surface area contributed by atoms with Gasteiger partial charge in [0, 0.05) is 18.3 Å². The van der Waals surface area contributed by atoms with Crippen LogP contribution in [0.5, 0.6) is 0 Å². The van der Waals surface area contributed by atoms with Crippen molar-refractivity contribution in [1.82, 2.24) is 15.2 Å². The fourth-order valence-electron chi connectivity index (χ4n) is 3.03. The van der Waals surface area contributed by atoms with Crippen molar-refractivity contribution in [2.75, 3.05) is 26.2 Å². The van der Waals surface area contributed by atoms with E-state index in [4.69, 9.17) is 5.73 Å². The number of likely N-dealkylation sites (tertiary alicyclic amines) is 1. The third kappa shape index (κ3) is 4.41. The van der Waals surface area contributed by atoms with Gasteiger partial charge in [0.05, 0.1) is 11.0 Å². The maximum atomic E-state index is 12.6. The van der Waals surface area contributed by atoms with E-state index in [0.29, 0.717) is 18.7 Å². The predicted molar refractivity (Wildman–Crippen MR) is 97.2 cm³/mol. The van der Waals surface area contributed by atoms with Crippen molar-refractivity contribution in [3.8, 4) is 0 Å². The average molecular weight is 344 g/mol. The van der Waals surface area contributed by atoms with Gasteiger partial charge in [-0.15, -0.1) is 11.3 Å². The average Bonchev–Trinajstić information content (AvgIpc) is 3.27. The van der Waals surface area contributed by atoms with E-state index in [-0.39, 0.29) is 11.9 Å². The third-order valence-corrected chi connectivity index (χ3v) is 5.20. The first-order chi connectivity index (χ1) is 11.8. The van der Waals surface area contributed by atoms with Crippen molar-refractivity contribution in [2.45, 2.75) is 25.3 Å². The zero-order chi connectivity index (χ0) is 16.8. The van der Waals surface area contributed by atoms with Gasteiger partial charge in [-0.05, 0) is 38.0 Å². The minimum atomic E-state index is -0.109. The number of nitrogens with two attached hydrogens (primary N) is 1. The molecule has 0 spiro atoms. The van der Waals surface area contributed by atoms with Crippen LogP contribution in [0, 0.1) is 0 Å². The molecule has 3 N–H and O–H groups in total. The molecular formula is C18H24N4OS. The topological polar surface area (TPSA) is 71.2 Å². The van der Waals surface area contributed by atoms with Gasteiger partial charge in [0.2, 0.25) is 0 Å². The summed E-state index contributed by atoms with van der Waals surface area (Å²) in [6.45, 7) is 3.61. The highest BCUT2D eigenvalue weighted by Crippen LogP contribution is 2.19. The monoisotopic (exact) mass is 344 g/mol. The zero-order valence-corrected chi connectivity index (χ0v) is 14.6. The van der Waals surface area contributed by atoms with Gasteiger partial charge in [0.15, 0.2) is 0 Å². The molecule has 5 nitrogen and oxygen atoms in total. The number of nitrogens with zero attached hydrogens (tertiary/aromatic N) is 2. The van der Waals surface area contributed by atoms with Crippen LogP contribution in [-0.2, 0) is 6.42 Å². The molecule has 1 fully saturated rings. The van der Waals surface area contributed by atoms with Gasteiger partial charge in [0.1, 0.15) is 5.69 Å². The second-order valence-corrected chi connectivity index (χ2v) is 7.05. The number of benzene rings is 1. The molecule has 0 saturated carbocycles. The number of carbonyl (C=O) groups excluding carboxylic acids is 1. The summed E-state index contributed by atoms with van der Waals surface area (Å²) < 4.78 is 0. The lowest BCUT2D eigenvalue weighted by Crippen LogP contribution is -2.37. The molecule has 24 heavy (non-hydrogen) atoms. The zero-order valence-electron chi connectivity index (χ0n) is 13.8. The smallest absolute Gasteiger partial charge is 0.271 e. The summed E-state index contributed by atoms with van der Waals surface area (Å²) in [6.07, 6.45) is 3.20.